The van der Waals surface area contributed by atoms with Crippen LogP contribution in [0.2, 0.25) is 0 Å². The Balaban J connectivity index is 1.48. The Hall–Kier alpha value is -4.15. The summed E-state index contributed by atoms with van der Waals surface area (Å²) in [5, 5.41) is 7.14. The molecule has 11 nitrogen and oxygen atoms in total. The van der Waals surface area contributed by atoms with E-state index in [4.69, 9.17) is 14.5 Å². The van der Waals surface area contributed by atoms with Crippen LogP contribution in [0.25, 0.3) is 11.3 Å². The van der Waals surface area contributed by atoms with Gasteiger partial charge in [-0.15, -0.1) is 0 Å². The number of nitrogens with one attached hydrogen (secondary N) is 1. The third kappa shape index (κ3) is 5.27. The summed E-state index contributed by atoms with van der Waals surface area (Å²) >= 11 is 0. The van der Waals surface area contributed by atoms with E-state index in [0.29, 0.717) is 34.8 Å². The number of hydrogen-bond acceptors (Lipinski definition) is 7. The summed E-state index contributed by atoms with van der Waals surface area (Å²) in [4.78, 5) is 37.3. The average molecular weight is 520 g/mol. The number of rotatable bonds is 5. The van der Waals surface area contributed by atoms with Crippen molar-refractivity contribution in [2.24, 2.45) is 0 Å². The largest absolute Gasteiger partial charge is 0.490 e. The first-order valence-electron chi connectivity index (χ1n) is 12.9. The standard InChI is InChI=1S/C27H33N7O4/c1-17(2)37-22-13-23-30-20(21-9-6-7-11-33(21)26(36)38-27(3,4)5)16-32(23)15-18(22)25(35)31-19-14-29-34-12-8-10-28-24(19)34/h8,10,12-17,21H,6-7,9,11H2,1-5H3,(H,31,35). The smallest absolute Gasteiger partial charge is 0.410 e. The minimum absolute atomic E-state index is 0.155. The zero-order valence-electron chi connectivity index (χ0n) is 22.3. The van der Waals surface area contributed by atoms with E-state index in [1.54, 1.807) is 50.7 Å². The van der Waals surface area contributed by atoms with E-state index < -0.39 is 5.60 Å². The van der Waals surface area contributed by atoms with Crippen LogP contribution in [0.3, 0.4) is 0 Å². The topological polar surface area (TPSA) is 115 Å². The number of anilines is 1. The van der Waals surface area contributed by atoms with Crippen LogP contribution in [0.15, 0.2) is 43.1 Å². The molecular weight excluding hydrogens is 486 g/mol. The number of aromatic nitrogens is 5. The number of hydrogen-bond donors (Lipinski definition) is 1. The van der Waals surface area contributed by atoms with Crippen molar-refractivity contribution in [2.75, 3.05) is 11.9 Å². The van der Waals surface area contributed by atoms with Gasteiger partial charge in [-0.05, 0) is 59.9 Å². The number of nitrogens with zero attached hydrogens (tertiary/aromatic N) is 6. The molecule has 4 aromatic heterocycles. The van der Waals surface area contributed by atoms with Gasteiger partial charge in [0, 0.05) is 37.4 Å². The Morgan fingerprint density at radius 1 is 1.18 bits per heavy atom. The molecule has 38 heavy (non-hydrogen) atoms. The monoisotopic (exact) mass is 519 g/mol. The minimum atomic E-state index is -0.583. The summed E-state index contributed by atoms with van der Waals surface area (Å²) in [5.74, 6) is 0.0608. The van der Waals surface area contributed by atoms with Crippen molar-refractivity contribution in [1.29, 1.82) is 0 Å². The Kier molecular flexibility index (Phi) is 6.68. The highest BCUT2D eigenvalue weighted by molar-refractivity contribution is 6.07. The van der Waals surface area contributed by atoms with Gasteiger partial charge in [-0.2, -0.15) is 5.10 Å². The molecule has 1 fully saturated rings. The van der Waals surface area contributed by atoms with Gasteiger partial charge in [0.05, 0.1) is 29.6 Å². The molecular formula is C27H33N7O4. The molecule has 1 aliphatic heterocycles. The zero-order valence-corrected chi connectivity index (χ0v) is 22.3. The van der Waals surface area contributed by atoms with Crippen LogP contribution < -0.4 is 10.1 Å². The third-order valence-corrected chi connectivity index (χ3v) is 6.18. The lowest BCUT2D eigenvalue weighted by atomic mass is 10.0. The molecule has 0 radical (unpaired) electrons. The van der Waals surface area contributed by atoms with Crippen LogP contribution in [0.5, 0.6) is 5.75 Å². The van der Waals surface area contributed by atoms with Crippen LogP contribution in [-0.2, 0) is 4.74 Å². The summed E-state index contributed by atoms with van der Waals surface area (Å²) in [6.45, 7) is 10.00. The Morgan fingerprint density at radius 2 is 2.00 bits per heavy atom. The maximum Gasteiger partial charge on any atom is 0.410 e. The van der Waals surface area contributed by atoms with E-state index in [1.807, 2.05) is 40.8 Å². The Labute approximate surface area is 220 Å². The average Bonchev–Trinajstić information content (AvgIpc) is 3.46. The SMILES string of the molecule is CC(C)Oc1cc2nc(C3CCCCN3C(=O)OC(C)(C)C)cn2cc1C(=O)Nc1cnn2cccnc12. The summed E-state index contributed by atoms with van der Waals surface area (Å²) in [5.41, 5.74) is 2.17. The molecule has 1 atom stereocenters. The van der Waals surface area contributed by atoms with Crippen molar-refractivity contribution in [3.8, 4) is 5.75 Å². The number of carbonyl (C=O) groups is 2. The Morgan fingerprint density at radius 3 is 2.76 bits per heavy atom. The number of pyridine rings is 1. The van der Waals surface area contributed by atoms with E-state index in [0.717, 1.165) is 25.0 Å². The molecule has 0 bridgehead atoms. The van der Waals surface area contributed by atoms with E-state index in [-0.39, 0.29) is 24.1 Å². The van der Waals surface area contributed by atoms with Gasteiger partial charge in [0.25, 0.3) is 5.91 Å². The molecule has 1 unspecified atom stereocenters. The van der Waals surface area contributed by atoms with Gasteiger partial charge >= 0.3 is 6.09 Å². The van der Waals surface area contributed by atoms with Crippen molar-refractivity contribution in [3.63, 3.8) is 0 Å². The summed E-state index contributed by atoms with van der Waals surface area (Å²) in [7, 11) is 0. The van der Waals surface area contributed by atoms with Crippen molar-refractivity contribution >= 4 is 29.0 Å². The predicted octanol–water partition coefficient (Wildman–Crippen LogP) is 4.88. The quantitative estimate of drug-likeness (QED) is 0.400. The molecule has 0 saturated carbocycles. The van der Waals surface area contributed by atoms with E-state index in [1.165, 1.54) is 0 Å². The number of ether oxygens (including phenoxy) is 2. The highest BCUT2D eigenvalue weighted by atomic mass is 16.6. The van der Waals surface area contributed by atoms with Crippen LogP contribution in [0.1, 0.15) is 76.0 Å². The van der Waals surface area contributed by atoms with Crippen LogP contribution >= 0.6 is 0 Å². The second-order valence-electron chi connectivity index (χ2n) is 10.7. The molecule has 1 saturated heterocycles. The highest BCUT2D eigenvalue weighted by Gasteiger charge is 2.33. The maximum absolute atomic E-state index is 13.4. The number of imidazole rings is 1. The predicted molar refractivity (Wildman–Crippen MR) is 141 cm³/mol. The van der Waals surface area contributed by atoms with Gasteiger partial charge in [-0.3, -0.25) is 9.69 Å². The van der Waals surface area contributed by atoms with Crippen molar-refractivity contribution in [1.82, 2.24) is 28.9 Å². The zero-order chi connectivity index (χ0) is 27.0. The van der Waals surface area contributed by atoms with Crippen molar-refractivity contribution in [3.05, 3.63) is 54.4 Å². The molecule has 11 heteroatoms. The highest BCUT2D eigenvalue weighted by Crippen LogP contribution is 2.33. The molecule has 5 rings (SSSR count). The van der Waals surface area contributed by atoms with E-state index in [9.17, 15) is 9.59 Å². The first kappa shape index (κ1) is 25.5. The van der Waals surface area contributed by atoms with Gasteiger partial charge in [-0.1, -0.05) is 0 Å². The first-order chi connectivity index (χ1) is 18.1. The molecule has 1 aliphatic rings. The number of piperidine rings is 1. The molecule has 0 aromatic carbocycles. The lowest BCUT2D eigenvalue weighted by molar-refractivity contribution is 0.00905. The van der Waals surface area contributed by atoms with Gasteiger partial charge in [0.2, 0.25) is 0 Å². The number of amides is 2. The van der Waals surface area contributed by atoms with Gasteiger partial charge in [-0.25, -0.2) is 19.3 Å². The lowest BCUT2D eigenvalue weighted by Crippen LogP contribution is -2.42. The third-order valence-electron chi connectivity index (χ3n) is 6.18. The molecule has 2 amide bonds. The second-order valence-corrected chi connectivity index (χ2v) is 10.7. The first-order valence-corrected chi connectivity index (χ1v) is 12.9. The maximum atomic E-state index is 13.4. The van der Waals surface area contributed by atoms with Crippen LogP contribution in [-0.4, -0.2) is 59.1 Å². The van der Waals surface area contributed by atoms with Crippen LogP contribution in [0, 0.1) is 0 Å². The molecule has 0 aliphatic carbocycles. The van der Waals surface area contributed by atoms with E-state index >= 15 is 0 Å². The lowest BCUT2D eigenvalue weighted by Gasteiger charge is -2.35. The number of fused-ring (bicyclic) bond motifs is 2. The Bertz CT molecular complexity index is 1480. The summed E-state index contributed by atoms with van der Waals surface area (Å²) in [6, 6.07) is 3.31. The molecule has 200 valence electrons. The fourth-order valence-corrected chi connectivity index (χ4v) is 4.60. The van der Waals surface area contributed by atoms with Gasteiger partial charge in [0.1, 0.15) is 22.7 Å². The molecule has 0 spiro atoms. The number of carbonyl (C=O) groups excluding carboxylic acids is 2. The minimum Gasteiger partial charge on any atom is -0.490 e. The van der Waals surface area contributed by atoms with Gasteiger partial charge in [0.15, 0.2) is 5.65 Å². The molecule has 1 N–H and O–H groups in total. The summed E-state index contributed by atoms with van der Waals surface area (Å²) < 4.78 is 15.1. The fraction of sp³-hybridized carbons (Fsp3) is 0.444. The van der Waals surface area contributed by atoms with E-state index in [2.05, 4.69) is 15.4 Å². The normalized spacial score (nSPS) is 16.3. The fourth-order valence-electron chi connectivity index (χ4n) is 4.60. The van der Waals surface area contributed by atoms with Gasteiger partial charge < -0.3 is 19.2 Å². The van der Waals surface area contributed by atoms with Crippen LogP contribution in [0.4, 0.5) is 10.5 Å². The van der Waals surface area contributed by atoms with Crippen molar-refractivity contribution < 1.29 is 19.1 Å². The van der Waals surface area contributed by atoms with Crippen molar-refractivity contribution in [2.45, 2.75) is 71.6 Å². The second kappa shape index (κ2) is 9.96. The number of likely N-dealkylation sites (tertiary alicyclic amines) is 1. The molecule has 5 heterocycles. The molecule has 4 aromatic rings. The summed E-state index contributed by atoms with van der Waals surface area (Å²) in [6.07, 6.45) is 10.7.